The molecule has 2 N–H and O–H groups in total. The summed E-state index contributed by atoms with van der Waals surface area (Å²) in [5, 5.41) is 4.94. The normalized spacial score (nSPS) is 23.0. The molecule has 5 nitrogen and oxygen atoms in total. The van der Waals surface area contributed by atoms with Crippen LogP contribution in [-0.2, 0) is 0 Å². The van der Waals surface area contributed by atoms with Crippen LogP contribution in [0.25, 0.3) is 22.3 Å². The molecular weight excluding hydrogens is 378 g/mol. The van der Waals surface area contributed by atoms with Crippen molar-refractivity contribution < 1.29 is 0 Å². The molecule has 0 unspecified atom stereocenters. The van der Waals surface area contributed by atoms with E-state index in [9.17, 15) is 0 Å². The van der Waals surface area contributed by atoms with E-state index in [1.165, 1.54) is 18.5 Å². The van der Waals surface area contributed by atoms with E-state index in [1.54, 1.807) is 0 Å². The standard InChI is InChI=1S/C19H20BrN5/c20-13-3-4-16-17(7-13)23-18(9-22-16)15-10-25(14-5-11(6-14)8-21)24-19(15)12-1-2-12/h3-4,7,9-12,14H,1-2,5-6,8,21H2/t11-,14-. The molecule has 128 valence electrons. The number of nitrogens with zero attached hydrogens (tertiary/aromatic N) is 4. The summed E-state index contributed by atoms with van der Waals surface area (Å²) in [5.74, 6) is 1.24. The summed E-state index contributed by atoms with van der Waals surface area (Å²) in [4.78, 5) is 9.46. The highest BCUT2D eigenvalue weighted by Gasteiger charge is 2.34. The van der Waals surface area contributed by atoms with Gasteiger partial charge in [0.1, 0.15) is 0 Å². The maximum Gasteiger partial charge on any atom is 0.0927 e. The fourth-order valence-corrected chi connectivity index (χ4v) is 4.02. The molecule has 0 bridgehead atoms. The van der Waals surface area contributed by atoms with Crippen LogP contribution >= 0.6 is 15.9 Å². The number of nitrogens with two attached hydrogens (primary N) is 1. The average Bonchev–Trinajstić information content (AvgIpc) is 3.33. The Labute approximate surface area is 154 Å². The zero-order valence-electron chi connectivity index (χ0n) is 13.9. The fourth-order valence-electron chi connectivity index (χ4n) is 3.67. The molecule has 2 saturated carbocycles. The number of hydrogen-bond acceptors (Lipinski definition) is 4. The number of benzene rings is 1. The monoisotopic (exact) mass is 397 g/mol. The maximum absolute atomic E-state index is 5.77. The summed E-state index contributed by atoms with van der Waals surface area (Å²) in [5.41, 5.74) is 10.9. The van der Waals surface area contributed by atoms with E-state index in [0.717, 1.165) is 46.1 Å². The van der Waals surface area contributed by atoms with Crippen molar-refractivity contribution in [2.45, 2.75) is 37.6 Å². The minimum Gasteiger partial charge on any atom is -0.330 e. The molecule has 5 rings (SSSR count). The first-order valence-corrected chi connectivity index (χ1v) is 9.72. The quantitative estimate of drug-likeness (QED) is 0.720. The van der Waals surface area contributed by atoms with Gasteiger partial charge in [0.05, 0.1) is 34.7 Å². The average molecular weight is 398 g/mol. The van der Waals surface area contributed by atoms with Gasteiger partial charge >= 0.3 is 0 Å². The molecule has 6 heteroatoms. The molecule has 2 aliphatic rings. The highest BCUT2D eigenvalue weighted by atomic mass is 79.9. The SMILES string of the molecule is NC[C@H]1C[C@H](n2cc(-c3cnc4ccc(Br)cc4n3)c(C3CC3)n2)C1. The van der Waals surface area contributed by atoms with Gasteiger partial charge in [-0.1, -0.05) is 15.9 Å². The molecule has 2 heterocycles. The van der Waals surface area contributed by atoms with Gasteiger partial charge in [0.25, 0.3) is 0 Å². The molecule has 1 aromatic carbocycles. The molecular formula is C19H20BrN5. The molecule has 2 aliphatic carbocycles. The van der Waals surface area contributed by atoms with Gasteiger partial charge in [0.15, 0.2) is 0 Å². The van der Waals surface area contributed by atoms with Gasteiger partial charge < -0.3 is 5.73 Å². The first-order chi connectivity index (χ1) is 12.2. The van der Waals surface area contributed by atoms with Gasteiger partial charge in [-0.05, 0) is 56.3 Å². The third-order valence-electron chi connectivity index (χ3n) is 5.42. The molecule has 0 spiro atoms. The van der Waals surface area contributed by atoms with Crippen LogP contribution in [0, 0.1) is 5.92 Å². The molecule has 0 radical (unpaired) electrons. The second kappa shape index (κ2) is 5.88. The Hall–Kier alpha value is -1.79. The van der Waals surface area contributed by atoms with Crippen molar-refractivity contribution in [3.63, 3.8) is 0 Å². The first-order valence-electron chi connectivity index (χ1n) is 8.93. The zero-order valence-corrected chi connectivity index (χ0v) is 15.5. The van der Waals surface area contributed by atoms with Crippen LogP contribution in [0.1, 0.15) is 43.3 Å². The third kappa shape index (κ3) is 2.77. The minimum absolute atomic E-state index is 0.488. The summed E-state index contributed by atoms with van der Waals surface area (Å²) >= 11 is 3.52. The molecule has 0 atom stereocenters. The molecule has 0 amide bonds. The van der Waals surface area contributed by atoms with Crippen LogP contribution in [0.5, 0.6) is 0 Å². The van der Waals surface area contributed by atoms with Crippen molar-refractivity contribution in [3.05, 3.63) is 40.8 Å². The van der Waals surface area contributed by atoms with E-state index in [4.69, 9.17) is 15.8 Å². The number of aromatic nitrogens is 4. The zero-order chi connectivity index (χ0) is 17.0. The largest absolute Gasteiger partial charge is 0.330 e. The van der Waals surface area contributed by atoms with Gasteiger partial charge in [-0.3, -0.25) is 9.67 Å². The summed E-state index contributed by atoms with van der Waals surface area (Å²) in [6.07, 6.45) is 8.79. The Morgan fingerprint density at radius 1 is 1.20 bits per heavy atom. The van der Waals surface area contributed by atoms with Crippen LogP contribution in [0.15, 0.2) is 35.1 Å². The predicted octanol–water partition coefficient (Wildman–Crippen LogP) is 4.04. The summed E-state index contributed by atoms with van der Waals surface area (Å²) in [6.45, 7) is 0.783. The molecule has 2 fully saturated rings. The van der Waals surface area contributed by atoms with Crippen LogP contribution < -0.4 is 5.73 Å². The van der Waals surface area contributed by atoms with Crippen LogP contribution in [-0.4, -0.2) is 26.3 Å². The van der Waals surface area contributed by atoms with E-state index < -0.39 is 0 Å². The Bertz CT molecular complexity index is 940. The second-order valence-electron chi connectivity index (χ2n) is 7.30. The Morgan fingerprint density at radius 2 is 2.04 bits per heavy atom. The minimum atomic E-state index is 0.488. The van der Waals surface area contributed by atoms with E-state index in [2.05, 4.69) is 31.8 Å². The summed E-state index contributed by atoms with van der Waals surface area (Å²) < 4.78 is 3.17. The van der Waals surface area contributed by atoms with Crippen LogP contribution in [0.4, 0.5) is 0 Å². The van der Waals surface area contributed by atoms with Crippen LogP contribution in [0.3, 0.4) is 0 Å². The van der Waals surface area contributed by atoms with Crippen molar-refractivity contribution in [1.29, 1.82) is 0 Å². The third-order valence-corrected chi connectivity index (χ3v) is 5.92. The lowest BCUT2D eigenvalue weighted by Crippen LogP contribution is -2.32. The summed E-state index contributed by atoms with van der Waals surface area (Å²) in [7, 11) is 0. The van der Waals surface area contributed by atoms with Crippen molar-refractivity contribution in [1.82, 2.24) is 19.7 Å². The van der Waals surface area contributed by atoms with Gasteiger partial charge in [-0.2, -0.15) is 5.10 Å². The van der Waals surface area contributed by atoms with Gasteiger partial charge in [0.2, 0.25) is 0 Å². The van der Waals surface area contributed by atoms with Crippen LogP contribution in [0.2, 0.25) is 0 Å². The Morgan fingerprint density at radius 3 is 2.80 bits per heavy atom. The number of hydrogen-bond donors (Lipinski definition) is 1. The molecule has 0 aliphatic heterocycles. The van der Waals surface area contributed by atoms with E-state index in [-0.39, 0.29) is 0 Å². The van der Waals surface area contributed by atoms with Gasteiger partial charge in [-0.15, -0.1) is 0 Å². The topological polar surface area (TPSA) is 69.6 Å². The molecule has 3 aromatic rings. The lowest BCUT2D eigenvalue weighted by atomic mass is 9.80. The molecule has 25 heavy (non-hydrogen) atoms. The van der Waals surface area contributed by atoms with Crippen molar-refractivity contribution in [2.75, 3.05) is 6.54 Å². The van der Waals surface area contributed by atoms with E-state index >= 15 is 0 Å². The fraction of sp³-hybridized carbons (Fsp3) is 0.421. The highest BCUT2D eigenvalue weighted by molar-refractivity contribution is 9.10. The molecule has 0 saturated heterocycles. The molecule has 2 aromatic heterocycles. The first kappa shape index (κ1) is 15.5. The predicted molar refractivity (Wildman–Crippen MR) is 101 cm³/mol. The lowest BCUT2D eigenvalue weighted by Gasteiger charge is -2.34. The van der Waals surface area contributed by atoms with E-state index in [1.807, 2.05) is 24.4 Å². The number of fused-ring (bicyclic) bond motifs is 1. The number of halogens is 1. The highest BCUT2D eigenvalue weighted by Crippen LogP contribution is 2.45. The number of rotatable bonds is 4. The smallest absolute Gasteiger partial charge is 0.0927 e. The Kier molecular flexibility index (Phi) is 3.64. The van der Waals surface area contributed by atoms with Crippen molar-refractivity contribution in [2.24, 2.45) is 11.7 Å². The second-order valence-corrected chi connectivity index (χ2v) is 8.21. The van der Waals surface area contributed by atoms with Gasteiger partial charge in [-0.25, -0.2) is 4.98 Å². The van der Waals surface area contributed by atoms with E-state index in [0.29, 0.717) is 17.9 Å². The summed E-state index contributed by atoms with van der Waals surface area (Å²) in [6, 6.07) is 6.49. The van der Waals surface area contributed by atoms with Gasteiger partial charge in [0, 0.05) is 22.2 Å². The Balaban J connectivity index is 1.55. The van der Waals surface area contributed by atoms with Crippen molar-refractivity contribution in [3.8, 4) is 11.3 Å². The van der Waals surface area contributed by atoms with Crippen molar-refractivity contribution >= 4 is 27.0 Å². The maximum atomic E-state index is 5.77. The lowest BCUT2D eigenvalue weighted by molar-refractivity contribution is 0.189.